The Hall–Kier alpha value is -2.04. The van der Waals surface area contributed by atoms with Crippen molar-refractivity contribution in [2.24, 2.45) is 0 Å². The molecular formula is C11H10N2O3. The molecule has 0 spiro atoms. The highest BCUT2D eigenvalue weighted by molar-refractivity contribution is 5.94. The fourth-order valence-corrected chi connectivity index (χ4v) is 1.92. The molecule has 1 fully saturated rings. The van der Waals surface area contributed by atoms with Crippen LogP contribution in [0.5, 0.6) is 5.88 Å². The molecule has 0 atom stereocenters. The van der Waals surface area contributed by atoms with Gasteiger partial charge in [-0.1, -0.05) is 6.07 Å². The summed E-state index contributed by atoms with van der Waals surface area (Å²) in [4.78, 5) is 15.1. The third-order valence-corrected chi connectivity index (χ3v) is 2.81. The first kappa shape index (κ1) is 9.21. The second-order valence-corrected chi connectivity index (χ2v) is 4.00. The molecule has 16 heavy (non-hydrogen) atoms. The molecule has 0 aromatic carbocycles. The van der Waals surface area contributed by atoms with Crippen molar-refractivity contribution >= 4 is 11.5 Å². The Morgan fingerprint density at radius 1 is 1.44 bits per heavy atom. The normalized spacial score (nSPS) is 15.5. The highest BCUT2D eigenvalue weighted by Crippen LogP contribution is 2.41. The number of carboxylic acids is 1. The number of rotatable bonds is 2. The fourth-order valence-electron chi connectivity index (χ4n) is 1.92. The van der Waals surface area contributed by atoms with Crippen molar-refractivity contribution in [2.75, 3.05) is 0 Å². The summed E-state index contributed by atoms with van der Waals surface area (Å²) in [6.07, 6.45) is 2.01. The molecule has 82 valence electrons. The average molecular weight is 218 g/mol. The summed E-state index contributed by atoms with van der Waals surface area (Å²) in [5, 5.41) is 18.8. The van der Waals surface area contributed by atoms with E-state index in [4.69, 9.17) is 5.11 Å². The van der Waals surface area contributed by atoms with E-state index in [1.807, 2.05) is 0 Å². The van der Waals surface area contributed by atoms with Crippen molar-refractivity contribution in [3.05, 3.63) is 29.7 Å². The second-order valence-electron chi connectivity index (χ2n) is 4.00. The maximum Gasteiger partial charge on any atom is 0.356 e. The molecule has 1 saturated carbocycles. The van der Waals surface area contributed by atoms with E-state index in [0.717, 1.165) is 12.8 Å². The first-order valence-corrected chi connectivity index (χ1v) is 5.12. The summed E-state index contributed by atoms with van der Waals surface area (Å²) < 4.78 is 1.53. The summed E-state index contributed by atoms with van der Waals surface area (Å²) in [6.45, 7) is 0. The molecule has 3 rings (SSSR count). The number of pyridine rings is 1. The van der Waals surface area contributed by atoms with Gasteiger partial charge in [0, 0.05) is 5.92 Å². The summed E-state index contributed by atoms with van der Waals surface area (Å²) in [7, 11) is 0. The predicted molar refractivity (Wildman–Crippen MR) is 55.8 cm³/mol. The number of hydrogen-bond donors (Lipinski definition) is 2. The van der Waals surface area contributed by atoms with E-state index < -0.39 is 5.97 Å². The van der Waals surface area contributed by atoms with E-state index in [1.54, 1.807) is 12.1 Å². The van der Waals surface area contributed by atoms with Crippen LogP contribution < -0.4 is 0 Å². The van der Waals surface area contributed by atoms with Gasteiger partial charge in [0.1, 0.15) is 5.82 Å². The molecule has 0 radical (unpaired) electrons. The Morgan fingerprint density at radius 2 is 2.19 bits per heavy atom. The van der Waals surface area contributed by atoms with Gasteiger partial charge in [-0.3, -0.25) is 4.40 Å². The lowest BCUT2D eigenvalue weighted by molar-refractivity contribution is 0.0693. The van der Waals surface area contributed by atoms with E-state index in [-0.39, 0.29) is 17.5 Å². The van der Waals surface area contributed by atoms with Gasteiger partial charge in [0.2, 0.25) is 0 Å². The first-order valence-electron chi connectivity index (χ1n) is 5.12. The van der Waals surface area contributed by atoms with Gasteiger partial charge in [0.25, 0.3) is 0 Å². The van der Waals surface area contributed by atoms with Crippen LogP contribution in [0.15, 0.2) is 18.2 Å². The summed E-state index contributed by atoms with van der Waals surface area (Å²) in [5.41, 5.74) is 0.465. The monoisotopic (exact) mass is 218 g/mol. The van der Waals surface area contributed by atoms with Gasteiger partial charge in [-0.25, -0.2) is 9.78 Å². The maximum absolute atomic E-state index is 11.0. The molecule has 2 aromatic heterocycles. The van der Waals surface area contributed by atoms with Crippen LogP contribution in [0.3, 0.4) is 0 Å². The number of aromatic hydroxyl groups is 1. The molecule has 0 unspecified atom stereocenters. The van der Waals surface area contributed by atoms with Crippen LogP contribution in [0.25, 0.3) is 5.52 Å². The topological polar surface area (TPSA) is 74.8 Å². The lowest BCUT2D eigenvalue weighted by Gasteiger charge is -2.01. The van der Waals surface area contributed by atoms with E-state index >= 15 is 0 Å². The number of carboxylic acid groups (broad SMARTS) is 1. The van der Waals surface area contributed by atoms with Gasteiger partial charge < -0.3 is 10.2 Å². The van der Waals surface area contributed by atoms with E-state index in [1.165, 1.54) is 10.5 Å². The zero-order valence-electron chi connectivity index (χ0n) is 8.42. The summed E-state index contributed by atoms with van der Waals surface area (Å²) >= 11 is 0. The van der Waals surface area contributed by atoms with Crippen molar-refractivity contribution < 1.29 is 15.0 Å². The minimum Gasteiger partial charge on any atom is -0.494 e. The minimum absolute atomic E-state index is 0.0119. The third-order valence-electron chi connectivity index (χ3n) is 2.81. The van der Waals surface area contributed by atoms with Crippen molar-refractivity contribution in [3.8, 4) is 5.88 Å². The lowest BCUT2D eigenvalue weighted by Crippen LogP contribution is -1.97. The average Bonchev–Trinajstić information content (AvgIpc) is 2.99. The minimum atomic E-state index is -1.06. The highest BCUT2D eigenvalue weighted by atomic mass is 16.4. The van der Waals surface area contributed by atoms with Crippen molar-refractivity contribution in [1.29, 1.82) is 0 Å². The molecule has 5 heteroatoms. The summed E-state index contributed by atoms with van der Waals surface area (Å²) in [6, 6.07) is 4.81. The van der Waals surface area contributed by atoms with Crippen molar-refractivity contribution in [3.63, 3.8) is 0 Å². The van der Waals surface area contributed by atoms with Gasteiger partial charge >= 0.3 is 5.97 Å². The molecule has 1 aliphatic carbocycles. The van der Waals surface area contributed by atoms with E-state index in [0.29, 0.717) is 11.3 Å². The third kappa shape index (κ3) is 1.18. The lowest BCUT2D eigenvalue weighted by atomic mass is 10.3. The van der Waals surface area contributed by atoms with Crippen molar-refractivity contribution in [1.82, 2.24) is 9.38 Å². The van der Waals surface area contributed by atoms with E-state index in [9.17, 15) is 9.90 Å². The van der Waals surface area contributed by atoms with Crippen molar-refractivity contribution in [2.45, 2.75) is 18.8 Å². The molecule has 1 aliphatic rings. The highest BCUT2D eigenvalue weighted by Gasteiger charge is 2.31. The zero-order valence-corrected chi connectivity index (χ0v) is 8.42. The number of aromatic nitrogens is 2. The van der Waals surface area contributed by atoms with Gasteiger partial charge in [-0.2, -0.15) is 0 Å². The Kier molecular flexibility index (Phi) is 1.71. The number of aromatic carboxylic acids is 1. The maximum atomic E-state index is 11.0. The molecule has 0 amide bonds. The molecular weight excluding hydrogens is 208 g/mol. The Morgan fingerprint density at radius 3 is 2.81 bits per heavy atom. The van der Waals surface area contributed by atoms with Crippen LogP contribution in [0, 0.1) is 0 Å². The Bertz CT molecular complexity index is 584. The largest absolute Gasteiger partial charge is 0.494 e. The SMILES string of the molecule is O=C(O)c1nc(C2CC2)n2c(O)cccc12. The van der Waals surface area contributed by atoms with Crippen LogP contribution in [-0.4, -0.2) is 25.6 Å². The van der Waals surface area contributed by atoms with Gasteiger partial charge in [0.15, 0.2) is 11.6 Å². The number of fused-ring (bicyclic) bond motifs is 1. The molecule has 0 saturated heterocycles. The fraction of sp³-hybridized carbons (Fsp3) is 0.273. The summed E-state index contributed by atoms with van der Waals surface area (Å²) in [5.74, 6) is -0.0752. The molecule has 2 heterocycles. The van der Waals surface area contributed by atoms with Gasteiger partial charge in [0.05, 0.1) is 5.52 Å². The molecule has 0 aliphatic heterocycles. The Balaban J connectivity index is 2.37. The van der Waals surface area contributed by atoms with E-state index in [2.05, 4.69) is 4.98 Å². The van der Waals surface area contributed by atoms with Gasteiger partial charge in [-0.15, -0.1) is 0 Å². The van der Waals surface area contributed by atoms with Crippen LogP contribution in [0.4, 0.5) is 0 Å². The molecule has 0 bridgehead atoms. The van der Waals surface area contributed by atoms with Crippen LogP contribution in [0.1, 0.15) is 35.1 Å². The van der Waals surface area contributed by atoms with Crippen LogP contribution >= 0.6 is 0 Å². The first-order chi connectivity index (χ1) is 7.68. The predicted octanol–water partition coefficient (Wildman–Crippen LogP) is 1.62. The zero-order chi connectivity index (χ0) is 11.3. The van der Waals surface area contributed by atoms with Gasteiger partial charge in [-0.05, 0) is 25.0 Å². The number of imidazole rings is 1. The molecule has 5 nitrogen and oxygen atoms in total. The molecule has 2 aromatic rings. The molecule has 2 N–H and O–H groups in total. The van der Waals surface area contributed by atoms with Crippen LogP contribution in [0.2, 0.25) is 0 Å². The number of carbonyl (C=O) groups is 1. The quantitative estimate of drug-likeness (QED) is 0.803. The number of nitrogens with zero attached hydrogens (tertiary/aromatic N) is 2. The number of hydrogen-bond acceptors (Lipinski definition) is 3. The Labute approximate surface area is 91.0 Å². The second kappa shape index (κ2) is 2.98. The standard InChI is InChI=1S/C11H10N2O3/c14-8-3-1-2-7-9(11(15)16)12-10(13(7)8)6-4-5-6/h1-3,6,14H,4-5H2,(H,15,16). The van der Waals surface area contributed by atoms with Crippen LogP contribution in [-0.2, 0) is 0 Å². The smallest absolute Gasteiger partial charge is 0.356 e.